The largest absolute Gasteiger partial charge is 0.379 e. The van der Waals surface area contributed by atoms with E-state index >= 15 is 0 Å². The van der Waals surface area contributed by atoms with Crippen molar-refractivity contribution in [2.75, 3.05) is 26.4 Å². The second kappa shape index (κ2) is 14.2. The first kappa shape index (κ1) is 22.9. The molecule has 1 aromatic rings. The third-order valence-corrected chi connectivity index (χ3v) is 3.57. The molecule has 0 N–H and O–H groups in total. The summed E-state index contributed by atoms with van der Waals surface area (Å²) in [5.74, 6) is 0. The number of terminal acetylenes is 1. The molecule has 0 spiro atoms. The molecule has 0 aliphatic heterocycles. The van der Waals surface area contributed by atoms with Crippen molar-refractivity contribution in [3.63, 3.8) is 0 Å². The van der Waals surface area contributed by atoms with Crippen LogP contribution in [0.2, 0.25) is 0 Å². The van der Waals surface area contributed by atoms with Gasteiger partial charge in [-0.15, -0.1) is 12.8 Å². The fourth-order valence-electron chi connectivity index (χ4n) is 2.50. The molecule has 0 saturated heterocycles. The Kier molecular flexibility index (Phi) is 13.0. The highest BCUT2D eigenvalue weighted by molar-refractivity contribution is 5.79. The summed E-state index contributed by atoms with van der Waals surface area (Å²) in [6.45, 7) is 10.9. The monoisotopic (exact) mass is 342 g/mol. The lowest BCUT2D eigenvalue weighted by Crippen LogP contribution is -2.05. The molecule has 0 amide bonds. The first-order valence-electron chi connectivity index (χ1n) is 8.53. The van der Waals surface area contributed by atoms with Crippen molar-refractivity contribution in [1.29, 1.82) is 0 Å². The molecule has 0 saturated carbocycles. The van der Waals surface area contributed by atoms with Gasteiger partial charge in [-0.25, -0.2) is 0 Å². The van der Waals surface area contributed by atoms with Gasteiger partial charge in [0.15, 0.2) is 0 Å². The van der Waals surface area contributed by atoms with E-state index in [1.54, 1.807) is 0 Å². The second-order valence-corrected chi connectivity index (χ2v) is 5.50. The van der Waals surface area contributed by atoms with Gasteiger partial charge in [0.25, 0.3) is 0 Å². The maximum absolute atomic E-state index is 11.0. The summed E-state index contributed by atoms with van der Waals surface area (Å²) in [4.78, 5) is 11.0. The molecular formula is C22H30O3. The molecule has 136 valence electrons. The van der Waals surface area contributed by atoms with Gasteiger partial charge >= 0.3 is 0 Å². The van der Waals surface area contributed by atoms with E-state index in [4.69, 9.17) is 9.47 Å². The smallest absolute Gasteiger partial charge is 0.150 e. The van der Waals surface area contributed by atoms with Crippen LogP contribution >= 0.6 is 0 Å². The molecule has 0 radical (unpaired) electrons. The molecule has 0 aromatic heterocycles. The topological polar surface area (TPSA) is 35.5 Å². The lowest BCUT2D eigenvalue weighted by molar-refractivity contribution is 0.0620. The van der Waals surface area contributed by atoms with Gasteiger partial charge in [0.2, 0.25) is 0 Å². The van der Waals surface area contributed by atoms with Crippen molar-refractivity contribution >= 4 is 11.9 Å². The first-order chi connectivity index (χ1) is 12.1. The van der Waals surface area contributed by atoms with E-state index in [1.165, 1.54) is 16.7 Å². The maximum Gasteiger partial charge on any atom is 0.150 e. The molecule has 0 aliphatic carbocycles. The zero-order valence-electron chi connectivity index (χ0n) is 15.9. The van der Waals surface area contributed by atoms with Gasteiger partial charge in [-0.3, -0.25) is 4.79 Å². The molecule has 1 rings (SSSR count). The Morgan fingerprint density at radius 2 is 1.80 bits per heavy atom. The zero-order chi connectivity index (χ0) is 19.1. The van der Waals surface area contributed by atoms with Crippen LogP contribution in [0.3, 0.4) is 0 Å². The quantitative estimate of drug-likeness (QED) is 0.262. The molecule has 1 aromatic carbocycles. The normalized spacial score (nSPS) is 12.0. The predicted octanol–water partition coefficient (Wildman–Crippen LogP) is 4.93. The molecule has 25 heavy (non-hydrogen) atoms. The molecular weight excluding hydrogens is 312 g/mol. The number of benzene rings is 1. The Labute approximate surface area is 152 Å². The van der Waals surface area contributed by atoms with Crippen LogP contribution < -0.4 is 0 Å². The summed E-state index contributed by atoms with van der Waals surface area (Å²) in [5.41, 5.74) is 5.46. The van der Waals surface area contributed by atoms with E-state index in [1.807, 2.05) is 25.1 Å². The van der Waals surface area contributed by atoms with E-state index in [2.05, 4.69) is 45.8 Å². The number of allylic oxidation sites excluding steroid dienone is 3. The van der Waals surface area contributed by atoms with Crippen LogP contribution in [-0.2, 0) is 9.47 Å². The summed E-state index contributed by atoms with van der Waals surface area (Å²) < 4.78 is 10.8. The van der Waals surface area contributed by atoms with Gasteiger partial charge in [-0.2, -0.15) is 0 Å². The molecule has 0 bridgehead atoms. The SMILES string of the molecule is C#C.CCOCCOC/C(C)=C/C(C)=C(\CC)c1cccc(C=O)c1. The van der Waals surface area contributed by atoms with Crippen molar-refractivity contribution in [2.45, 2.75) is 34.1 Å². The fraction of sp³-hybridized carbons (Fsp3) is 0.409. The zero-order valence-corrected chi connectivity index (χ0v) is 15.9. The Bertz CT molecular complexity index is 594. The molecule has 0 heterocycles. The van der Waals surface area contributed by atoms with Gasteiger partial charge in [0, 0.05) is 12.2 Å². The van der Waals surface area contributed by atoms with E-state index in [0.29, 0.717) is 25.4 Å². The molecule has 0 aliphatic rings. The van der Waals surface area contributed by atoms with Gasteiger partial charge in [-0.05, 0) is 55.5 Å². The van der Waals surface area contributed by atoms with Crippen molar-refractivity contribution < 1.29 is 14.3 Å². The van der Waals surface area contributed by atoms with Gasteiger partial charge < -0.3 is 9.47 Å². The van der Waals surface area contributed by atoms with Crippen molar-refractivity contribution in [3.8, 4) is 12.8 Å². The predicted molar refractivity (Wildman–Crippen MR) is 106 cm³/mol. The fourth-order valence-corrected chi connectivity index (χ4v) is 2.50. The van der Waals surface area contributed by atoms with Crippen LogP contribution in [0, 0.1) is 12.8 Å². The summed E-state index contributed by atoms with van der Waals surface area (Å²) >= 11 is 0. The van der Waals surface area contributed by atoms with Crippen LogP contribution in [0.5, 0.6) is 0 Å². The average molecular weight is 342 g/mol. The van der Waals surface area contributed by atoms with E-state index < -0.39 is 0 Å². The standard InChI is InChI=1S/C20H28O3.C2H2/c1-5-20(19-9-7-8-18(13-19)14-21)17(4)12-16(3)15-23-11-10-22-6-2;1-2/h7-9,12-14H,5-6,10-11,15H2,1-4H3;1-2H/b16-12+,20-17+;. The highest BCUT2D eigenvalue weighted by Crippen LogP contribution is 2.24. The number of aldehydes is 1. The van der Waals surface area contributed by atoms with E-state index in [9.17, 15) is 4.79 Å². The van der Waals surface area contributed by atoms with E-state index in [-0.39, 0.29) is 0 Å². The molecule has 3 nitrogen and oxygen atoms in total. The lowest BCUT2D eigenvalue weighted by Gasteiger charge is -2.10. The number of rotatable bonds is 10. The lowest BCUT2D eigenvalue weighted by atomic mass is 9.96. The third kappa shape index (κ3) is 9.05. The van der Waals surface area contributed by atoms with Crippen LogP contribution in [0.15, 0.2) is 41.5 Å². The number of carbonyl (C=O) groups excluding carboxylic acids is 1. The highest BCUT2D eigenvalue weighted by atomic mass is 16.5. The Morgan fingerprint density at radius 3 is 2.40 bits per heavy atom. The van der Waals surface area contributed by atoms with Gasteiger partial charge in [0.05, 0.1) is 19.8 Å². The van der Waals surface area contributed by atoms with Gasteiger partial charge in [-0.1, -0.05) is 31.2 Å². The van der Waals surface area contributed by atoms with Crippen LogP contribution in [0.25, 0.3) is 5.57 Å². The number of carbonyl (C=O) groups is 1. The van der Waals surface area contributed by atoms with E-state index in [0.717, 1.165) is 24.9 Å². The minimum absolute atomic E-state index is 0.607. The van der Waals surface area contributed by atoms with Crippen molar-refractivity contribution in [3.05, 3.63) is 52.6 Å². The van der Waals surface area contributed by atoms with Gasteiger partial charge in [0.1, 0.15) is 6.29 Å². The Hall–Kier alpha value is -2.15. The van der Waals surface area contributed by atoms with Crippen LogP contribution in [-0.4, -0.2) is 32.7 Å². The minimum atomic E-state index is 0.607. The summed E-state index contributed by atoms with van der Waals surface area (Å²) in [7, 11) is 0. The minimum Gasteiger partial charge on any atom is -0.379 e. The maximum atomic E-state index is 11.0. The number of ether oxygens (including phenoxy) is 2. The summed E-state index contributed by atoms with van der Waals surface area (Å²) in [5, 5.41) is 0. The Morgan fingerprint density at radius 1 is 1.12 bits per heavy atom. The summed E-state index contributed by atoms with van der Waals surface area (Å²) in [6, 6.07) is 7.75. The summed E-state index contributed by atoms with van der Waals surface area (Å²) in [6.07, 6.45) is 12.0. The number of hydrogen-bond donors (Lipinski definition) is 0. The van der Waals surface area contributed by atoms with Crippen LogP contribution in [0.4, 0.5) is 0 Å². The van der Waals surface area contributed by atoms with Crippen molar-refractivity contribution in [2.24, 2.45) is 0 Å². The Balaban J connectivity index is 0.00000277. The molecule has 3 heteroatoms. The molecule has 0 unspecified atom stereocenters. The van der Waals surface area contributed by atoms with Crippen LogP contribution in [0.1, 0.15) is 50.0 Å². The highest BCUT2D eigenvalue weighted by Gasteiger charge is 2.04. The third-order valence-electron chi connectivity index (χ3n) is 3.57. The second-order valence-electron chi connectivity index (χ2n) is 5.50. The van der Waals surface area contributed by atoms with Crippen molar-refractivity contribution in [1.82, 2.24) is 0 Å². The molecule has 0 fully saturated rings. The first-order valence-corrected chi connectivity index (χ1v) is 8.53. The molecule has 0 atom stereocenters. The average Bonchev–Trinajstić information content (AvgIpc) is 2.64. The number of hydrogen-bond acceptors (Lipinski definition) is 3.